The van der Waals surface area contributed by atoms with Gasteiger partial charge in [-0.25, -0.2) is 4.98 Å². The van der Waals surface area contributed by atoms with Gasteiger partial charge < -0.3 is 0 Å². The number of carbonyl (C=O) groups is 1. The van der Waals surface area contributed by atoms with E-state index in [1.807, 2.05) is 48.5 Å². The molecule has 1 aromatic carbocycles. The molecular weight excluding hydrogens is 355 g/mol. The van der Waals surface area contributed by atoms with Gasteiger partial charge in [-0.3, -0.25) is 9.69 Å². The van der Waals surface area contributed by atoms with Crippen LogP contribution in [0.3, 0.4) is 0 Å². The molecule has 1 aliphatic rings. The van der Waals surface area contributed by atoms with Crippen LogP contribution in [0.15, 0.2) is 65.3 Å². The zero-order valence-electron chi connectivity index (χ0n) is 14.2. The summed E-state index contributed by atoms with van der Waals surface area (Å²) in [5, 5.41) is 0. The molecule has 25 heavy (non-hydrogen) atoms. The Morgan fingerprint density at radius 2 is 1.84 bits per heavy atom. The standard InChI is InChI=1S/C20H20Cl2N2O/c1-20(2)15(12-16(21)22)18(20)19(25)24(17-10-6-7-11-23-17)13-14-8-4-3-5-9-14/h3-12,15,18H,13H2,1-2H3. The number of anilines is 1. The SMILES string of the molecule is CC1(C)C(C=C(Cl)Cl)C1C(=O)N(Cc1ccccc1)c1ccccn1. The summed E-state index contributed by atoms with van der Waals surface area (Å²) in [6, 6.07) is 15.5. The molecule has 1 aromatic heterocycles. The van der Waals surface area contributed by atoms with Crippen molar-refractivity contribution in [3.8, 4) is 0 Å². The molecule has 0 aliphatic heterocycles. The van der Waals surface area contributed by atoms with Crippen LogP contribution in [0.4, 0.5) is 5.82 Å². The Bertz CT molecular complexity index is 771. The average Bonchev–Trinajstić information content (AvgIpc) is 3.13. The lowest BCUT2D eigenvalue weighted by Crippen LogP contribution is -2.33. The normalized spacial score (nSPS) is 20.6. The first-order valence-corrected chi connectivity index (χ1v) is 8.96. The van der Waals surface area contributed by atoms with Crippen molar-refractivity contribution in [3.05, 3.63) is 70.9 Å². The van der Waals surface area contributed by atoms with Gasteiger partial charge in [0.05, 0.1) is 12.5 Å². The highest BCUT2D eigenvalue weighted by Crippen LogP contribution is 2.60. The Kier molecular flexibility index (Phi) is 5.16. The fourth-order valence-electron chi connectivity index (χ4n) is 3.32. The second-order valence-corrected chi connectivity index (χ2v) is 7.89. The number of aromatic nitrogens is 1. The number of allylic oxidation sites excluding steroid dienone is 1. The van der Waals surface area contributed by atoms with Gasteiger partial charge in [-0.2, -0.15) is 0 Å². The summed E-state index contributed by atoms with van der Waals surface area (Å²) in [5.41, 5.74) is 0.887. The number of hydrogen-bond acceptors (Lipinski definition) is 2. The largest absolute Gasteiger partial charge is 0.292 e. The van der Waals surface area contributed by atoms with Gasteiger partial charge in [-0.1, -0.05) is 73.4 Å². The highest BCUT2D eigenvalue weighted by Gasteiger charge is 2.61. The van der Waals surface area contributed by atoms with Gasteiger partial charge in [0.25, 0.3) is 0 Å². The van der Waals surface area contributed by atoms with Crippen LogP contribution in [0.2, 0.25) is 0 Å². The molecule has 0 saturated heterocycles. The summed E-state index contributed by atoms with van der Waals surface area (Å²) < 4.78 is 0.209. The summed E-state index contributed by atoms with van der Waals surface area (Å²) in [7, 11) is 0. The van der Waals surface area contributed by atoms with E-state index in [-0.39, 0.29) is 27.6 Å². The Morgan fingerprint density at radius 1 is 1.16 bits per heavy atom. The predicted octanol–water partition coefficient (Wildman–Crippen LogP) is 5.21. The van der Waals surface area contributed by atoms with Crippen molar-refractivity contribution in [2.75, 3.05) is 4.90 Å². The predicted molar refractivity (Wildman–Crippen MR) is 102 cm³/mol. The smallest absolute Gasteiger partial charge is 0.232 e. The molecule has 2 aromatic rings. The van der Waals surface area contributed by atoms with Crippen LogP contribution in [0.1, 0.15) is 19.4 Å². The van der Waals surface area contributed by atoms with Crippen LogP contribution >= 0.6 is 23.2 Å². The first-order chi connectivity index (χ1) is 11.9. The van der Waals surface area contributed by atoms with Gasteiger partial charge in [0, 0.05) is 6.20 Å². The maximum absolute atomic E-state index is 13.3. The van der Waals surface area contributed by atoms with E-state index in [1.165, 1.54) is 0 Å². The van der Waals surface area contributed by atoms with Crippen molar-refractivity contribution in [3.63, 3.8) is 0 Å². The molecule has 2 atom stereocenters. The topological polar surface area (TPSA) is 33.2 Å². The van der Waals surface area contributed by atoms with E-state index in [1.54, 1.807) is 17.2 Å². The molecule has 1 saturated carbocycles. The van der Waals surface area contributed by atoms with E-state index in [9.17, 15) is 4.79 Å². The molecule has 1 amide bonds. The van der Waals surface area contributed by atoms with E-state index in [0.717, 1.165) is 5.56 Å². The number of amides is 1. The molecule has 2 unspecified atom stereocenters. The molecular formula is C20H20Cl2N2O. The quantitative estimate of drug-likeness (QED) is 0.719. The summed E-state index contributed by atoms with van der Waals surface area (Å²) in [6.07, 6.45) is 3.47. The highest BCUT2D eigenvalue weighted by atomic mass is 35.5. The van der Waals surface area contributed by atoms with Crippen LogP contribution in [-0.2, 0) is 11.3 Å². The number of hydrogen-bond donors (Lipinski definition) is 0. The van der Waals surface area contributed by atoms with Crippen LogP contribution in [0.5, 0.6) is 0 Å². The van der Waals surface area contributed by atoms with Crippen molar-refractivity contribution in [2.24, 2.45) is 17.3 Å². The zero-order valence-corrected chi connectivity index (χ0v) is 15.7. The number of nitrogens with zero attached hydrogens (tertiary/aromatic N) is 2. The van der Waals surface area contributed by atoms with E-state index in [4.69, 9.17) is 23.2 Å². The van der Waals surface area contributed by atoms with Gasteiger partial charge in [0.1, 0.15) is 10.3 Å². The Hall–Kier alpha value is -1.84. The first kappa shape index (κ1) is 18.0. The highest BCUT2D eigenvalue weighted by molar-refractivity contribution is 6.55. The minimum Gasteiger partial charge on any atom is -0.292 e. The molecule has 0 spiro atoms. The lowest BCUT2D eigenvalue weighted by atomic mass is 10.1. The Balaban J connectivity index is 1.90. The molecule has 1 aliphatic carbocycles. The first-order valence-electron chi connectivity index (χ1n) is 8.20. The van der Waals surface area contributed by atoms with Crippen molar-refractivity contribution in [2.45, 2.75) is 20.4 Å². The van der Waals surface area contributed by atoms with Gasteiger partial charge in [0.15, 0.2) is 0 Å². The molecule has 130 valence electrons. The lowest BCUT2D eigenvalue weighted by molar-refractivity contribution is -0.120. The third-order valence-corrected chi connectivity index (χ3v) is 5.11. The van der Waals surface area contributed by atoms with Crippen molar-refractivity contribution in [1.29, 1.82) is 0 Å². The molecule has 0 bridgehead atoms. The maximum atomic E-state index is 13.3. The summed E-state index contributed by atoms with van der Waals surface area (Å²) in [5.74, 6) is 0.569. The molecule has 1 fully saturated rings. The number of pyridine rings is 1. The van der Waals surface area contributed by atoms with Gasteiger partial charge in [-0.15, -0.1) is 0 Å². The van der Waals surface area contributed by atoms with Gasteiger partial charge in [0.2, 0.25) is 5.91 Å². The molecule has 0 radical (unpaired) electrons. The zero-order chi connectivity index (χ0) is 18.0. The van der Waals surface area contributed by atoms with E-state index in [2.05, 4.69) is 18.8 Å². The number of carbonyl (C=O) groups excluding carboxylic acids is 1. The minimum absolute atomic E-state index is 0.0342. The summed E-state index contributed by atoms with van der Waals surface area (Å²) >= 11 is 11.7. The van der Waals surface area contributed by atoms with Crippen molar-refractivity contribution in [1.82, 2.24) is 4.98 Å². The second-order valence-electron chi connectivity index (χ2n) is 6.88. The fraction of sp³-hybridized carbons (Fsp3) is 0.300. The summed E-state index contributed by atoms with van der Waals surface area (Å²) in [4.78, 5) is 19.4. The van der Waals surface area contributed by atoms with Crippen LogP contribution in [-0.4, -0.2) is 10.9 Å². The third kappa shape index (κ3) is 3.88. The van der Waals surface area contributed by atoms with E-state index in [0.29, 0.717) is 12.4 Å². The fourth-order valence-corrected chi connectivity index (χ4v) is 3.59. The number of rotatable bonds is 5. The molecule has 0 N–H and O–H groups in total. The van der Waals surface area contributed by atoms with Crippen LogP contribution in [0.25, 0.3) is 0 Å². The van der Waals surface area contributed by atoms with Gasteiger partial charge in [-0.05, 0) is 35.1 Å². The van der Waals surface area contributed by atoms with Crippen molar-refractivity contribution >= 4 is 34.9 Å². The van der Waals surface area contributed by atoms with Crippen molar-refractivity contribution < 1.29 is 4.79 Å². The molecule has 1 heterocycles. The maximum Gasteiger partial charge on any atom is 0.232 e. The molecule has 5 heteroatoms. The monoisotopic (exact) mass is 374 g/mol. The van der Waals surface area contributed by atoms with Crippen LogP contribution in [0, 0.1) is 17.3 Å². The minimum atomic E-state index is -0.171. The molecule has 3 rings (SSSR count). The lowest BCUT2D eigenvalue weighted by Gasteiger charge is -2.22. The number of halogens is 2. The average molecular weight is 375 g/mol. The van der Waals surface area contributed by atoms with E-state index < -0.39 is 0 Å². The summed E-state index contributed by atoms with van der Waals surface area (Å²) in [6.45, 7) is 4.60. The van der Waals surface area contributed by atoms with E-state index >= 15 is 0 Å². The number of benzene rings is 1. The third-order valence-electron chi connectivity index (χ3n) is 4.86. The molecule has 3 nitrogen and oxygen atoms in total. The van der Waals surface area contributed by atoms with Crippen LogP contribution < -0.4 is 4.90 Å². The van der Waals surface area contributed by atoms with Gasteiger partial charge >= 0.3 is 0 Å². The Labute approximate surface area is 158 Å². The Morgan fingerprint density at radius 3 is 2.44 bits per heavy atom. The second kappa shape index (κ2) is 7.19.